The zero-order chi connectivity index (χ0) is 26.9. The van der Waals surface area contributed by atoms with Gasteiger partial charge < -0.3 is 14.2 Å². The third-order valence-corrected chi connectivity index (χ3v) is 4.59. The van der Waals surface area contributed by atoms with Crippen LogP contribution in [0.5, 0.6) is 17.5 Å². The summed E-state index contributed by atoms with van der Waals surface area (Å²) in [5.41, 5.74) is -7.34. The summed E-state index contributed by atoms with van der Waals surface area (Å²) in [6.07, 6.45) is -4.21. The average molecular weight is 515 g/mol. The van der Waals surface area contributed by atoms with Crippen LogP contribution in [0.2, 0.25) is 0 Å². The van der Waals surface area contributed by atoms with Crippen molar-refractivity contribution >= 4 is 11.7 Å². The van der Waals surface area contributed by atoms with Gasteiger partial charge in [-0.15, -0.1) is 0 Å². The standard InChI is InChI=1S/C19H13F4N5O8/c1-26-13(19(21,22)23)6-14(29)27(18(26)31)9-5-11(10(28(32)33)4-8(9)20)36-12-7-24-17(35-3)25-15(12)16(30)34-2/h4-7H,1-3H3. The second kappa shape index (κ2) is 9.43. The van der Waals surface area contributed by atoms with Crippen molar-refractivity contribution in [2.75, 3.05) is 14.2 Å². The van der Waals surface area contributed by atoms with E-state index in [0.717, 1.165) is 13.3 Å². The van der Waals surface area contributed by atoms with Crippen molar-refractivity contribution in [3.8, 4) is 23.2 Å². The van der Waals surface area contributed by atoms with Crippen molar-refractivity contribution in [3.63, 3.8) is 0 Å². The maximum absolute atomic E-state index is 14.8. The van der Waals surface area contributed by atoms with Gasteiger partial charge in [0.15, 0.2) is 17.3 Å². The van der Waals surface area contributed by atoms with E-state index in [9.17, 15) is 42.1 Å². The number of alkyl halides is 3. The van der Waals surface area contributed by atoms with Gasteiger partial charge in [0, 0.05) is 19.2 Å². The zero-order valence-corrected chi connectivity index (χ0v) is 18.3. The Balaban J connectivity index is 2.27. The number of nitro groups is 1. The molecule has 0 aliphatic rings. The molecule has 0 aliphatic carbocycles. The van der Waals surface area contributed by atoms with E-state index in [4.69, 9.17) is 9.47 Å². The van der Waals surface area contributed by atoms with Crippen molar-refractivity contribution in [3.05, 3.63) is 72.6 Å². The largest absolute Gasteiger partial charge is 0.467 e. The van der Waals surface area contributed by atoms with Gasteiger partial charge in [-0.1, -0.05) is 0 Å². The molecule has 13 nitrogen and oxygen atoms in total. The lowest BCUT2D eigenvalue weighted by Crippen LogP contribution is -2.41. The normalized spacial score (nSPS) is 11.2. The lowest BCUT2D eigenvalue weighted by atomic mass is 10.2. The van der Waals surface area contributed by atoms with E-state index in [2.05, 4.69) is 14.7 Å². The molecule has 0 amide bonds. The lowest BCUT2D eigenvalue weighted by Gasteiger charge is -2.15. The summed E-state index contributed by atoms with van der Waals surface area (Å²) in [7, 11) is 2.86. The SMILES string of the molecule is COC(=O)c1nc(OC)ncc1Oc1cc(-n2c(=O)cc(C(F)(F)F)n(C)c2=O)c(F)cc1[N+](=O)[O-]. The highest BCUT2D eigenvalue weighted by Crippen LogP contribution is 2.36. The Kier molecular flexibility index (Phi) is 6.76. The van der Waals surface area contributed by atoms with Crippen molar-refractivity contribution in [1.82, 2.24) is 19.1 Å². The van der Waals surface area contributed by atoms with E-state index in [-0.39, 0.29) is 27.3 Å². The second-order valence-corrected chi connectivity index (χ2v) is 6.73. The Labute approximate surface area is 196 Å². The summed E-state index contributed by atoms with van der Waals surface area (Å²) in [5, 5.41) is 11.5. The fraction of sp³-hybridized carbons (Fsp3) is 0.211. The number of carbonyl (C=O) groups is 1. The molecule has 190 valence electrons. The quantitative estimate of drug-likeness (QED) is 0.206. The van der Waals surface area contributed by atoms with Crippen molar-refractivity contribution < 1.29 is 41.5 Å². The average Bonchev–Trinajstić information content (AvgIpc) is 2.81. The predicted octanol–water partition coefficient (Wildman–Crippen LogP) is 1.98. The third kappa shape index (κ3) is 4.70. The lowest BCUT2D eigenvalue weighted by molar-refractivity contribution is -0.385. The molecule has 0 aliphatic heterocycles. The number of aromatic nitrogens is 4. The van der Waals surface area contributed by atoms with Gasteiger partial charge in [-0.25, -0.2) is 18.5 Å². The number of ether oxygens (including phenoxy) is 3. The highest BCUT2D eigenvalue weighted by atomic mass is 19.4. The van der Waals surface area contributed by atoms with Gasteiger partial charge >= 0.3 is 29.5 Å². The maximum Gasteiger partial charge on any atom is 0.431 e. The van der Waals surface area contributed by atoms with Crippen LogP contribution in [0.25, 0.3) is 5.69 Å². The molecular weight excluding hydrogens is 502 g/mol. The minimum atomic E-state index is -5.08. The molecule has 0 saturated heterocycles. The van der Waals surface area contributed by atoms with Gasteiger partial charge in [0.25, 0.3) is 5.56 Å². The molecule has 3 rings (SSSR count). The van der Waals surface area contributed by atoms with Crippen LogP contribution in [0.15, 0.2) is 34.0 Å². The molecular formula is C19H13F4N5O8. The van der Waals surface area contributed by atoms with Crippen LogP contribution in [0.1, 0.15) is 16.2 Å². The van der Waals surface area contributed by atoms with E-state index in [1.807, 2.05) is 0 Å². The Hall–Kier alpha value is -4.83. The number of rotatable bonds is 6. The Morgan fingerprint density at radius 3 is 2.36 bits per heavy atom. The van der Waals surface area contributed by atoms with Crippen LogP contribution in [-0.2, 0) is 18.0 Å². The maximum atomic E-state index is 14.8. The molecule has 0 radical (unpaired) electrons. The van der Waals surface area contributed by atoms with Crippen LogP contribution < -0.4 is 20.7 Å². The van der Waals surface area contributed by atoms with Gasteiger partial charge in [0.1, 0.15) is 5.69 Å². The summed E-state index contributed by atoms with van der Waals surface area (Å²) in [6.45, 7) is 0. The van der Waals surface area contributed by atoms with E-state index < -0.39 is 68.4 Å². The number of hydrogen-bond acceptors (Lipinski definition) is 10. The fourth-order valence-corrected chi connectivity index (χ4v) is 2.94. The van der Waals surface area contributed by atoms with E-state index in [1.165, 1.54) is 7.11 Å². The molecule has 2 heterocycles. The van der Waals surface area contributed by atoms with Gasteiger partial charge in [0.05, 0.1) is 37.1 Å². The van der Waals surface area contributed by atoms with Gasteiger partial charge in [-0.2, -0.15) is 23.1 Å². The summed E-state index contributed by atoms with van der Waals surface area (Å²) >= 11 is 0. The number of benzene rings is 1. The van der Waals surface area contributed by atoms with Crippen molar-refractivity contribution in [2.24, 2.45) is 7.05 Å². The number of carbonyl (C=O) groups excluding carboxylic acids is 1. The molecule has 0 spiro atoms. The molecule has 0 fully saturated rings. The molecule has 1 aromatic carbocycles. The minimum absolute atomic E-state index is 0.0207. The van der Waals surface area contributed by atoms with Crippen molar-refractivity contribution in [2.45, 2.75) is 6.18 Å². The molecule has 2 aromatic heterocycles. The Morgan fingerprint density at radius 2 is 1.81 bits per heavy atom. The molecule has 3 aromatic rings. The fourth-order valence-electron chi connectivity index (χ4n) is 2.94. The van der Waals surface area contributed by atoms with Crippen LogP contribution >= 0.6 is 0 Å². The summed E-state index contributed by atoms with van der Waals surface area (Å²) in [5.74, 6) is -3.93. The molecule has 0 bridgehead atoms. The Morgan fingerprint density at radius 1 is 1.14 bits per heavy atom. The number of nitrogens with zero attached hydrogens (tertiary/aromatic N) is 5. The van der Waals surface area contributed by atoms with Gasteiger partial charge in [-0.3, -0.25) is 19.5 Å². The molecule has 0 unspecified atom stereocenters. The number of esters is 1. The summed E-state index contributed by atoms with van der Waals surface area (Å²) < 4.78 is 68.9. The smallest absolute Gasteiger partial charge is 0.431 e. The van der Waals surface area contributed by atoms with E-state index in [0.29, 0.717) is 13.1 Å². The first-order valence-electron chi connectivity index (χ1n) is 9.36. The monoisotopic (exact) mass is 515 g/mol. The molecule has 17 heteroatoms. The van der Waals surface area contributed by atoms with E-state index in [1.54, 1.807) is 0 Å². The van der Waals surface area contributed by atoms with Crippen molar-refractivity contribution in [1.29, 1.82) is 0 Å². The first kappa shape index (κ1) is 25.8. The molecule has 0 saturated carbocycles. The molecule has 0 N–H and O–H groups in total. The number of hydrogen-bond donors (Lipinski definition) is 0. The van der Waals surface area contributed by atoms with Crippen LogP contribution in [-0.4, -0.2) is 44.2 Å². The first-order chi connectivity index (χ1) is 16.8. The molecule has 36 heavy (non-hydrogen) atoms. The highest BCUT2D eigenvalue weighted by Gasteiger charge is 2.35. The van der Waals surface area contributed by atoms with Crippen LogP contribution in [0.3, 0.4) is 0 Å². The molecule has 0 atom stereocenters. The van der Waals surface area contributed by atoms with Gasteiger partial charge in [0.2, 0.25) is 5.75 Å². The van der Waals surface area contributed by atoms with Crippen LogP contribution in [0, 0.1) is 15.9 Å². The minimum Gasteiger partial charge on any atom is -0.467 e. The van der Waals surface area contributed by atoms with Crippen LogP contribution in [0.4, 0.5) is 23.2 Å². The highest BCUT2D eigenvalue weighted by molar-refractivity contribution is 5.90. The zero-order valence-electron chi connectivity index (χ0n) is 18.3. The number of halogens is 4. The number of nitro benzene ring substituents is 1. The third-order valence-electron chi connectivity index (χ3n) is 4.59. The second-order valence-electron chi connectivity index (χ2n) is 6.73. The number of methoxy groups -OCH3 is 2. The van der Waals surface area contributed by atoms with E-state index >= 15 is 0 Å². The topological polar surface area (TPSA) is 158 Å². The summed E-state index contributed by atoms with van der Waals surface area (Å²) in [6, 6.07) is 0.539. The predicted molar refractivity (Wildman–Crippen MR) is 109 cm³/mol. The first-order valence-corrected chi connectivity index (χ1v) is 9.36. The Bertz CT molecular complexity index is 1500. The van der Waals surface area contributed by atoms with Gasteiger partial charge in [-0.05, 0) is 0 Å². The summed E-state index contributed by atoms with van der Waals surface area (Å²) in [4.78, 5) is 54.8.